The molecular formula is C15H21NO7S. The molecule has 0 spiro atoms. The number of esters is 1. The van der Waals surface area contributed by atoms with Gasteiger partial charge in [0.25, 0.3) is 5.91 Å². The maximum absolute atomic E-state index is 12.8. The van der Waals surface area contributed by atoms with Gasteiger partial charge < -0.3 is 9.47 Å². The lowest BCUT2D eigenvalue weighted by Crippen LogP contribution is -2.72. The highest BCUT2D eigenvalue weighted by Gasteiger charge is 2.64. The van der Waals surface area contributed by atoms with E-state index < -0.39 is 49.8 Å². The van der Waals surface area contributed by atoms with Crippen LogP contribution in [0.4, 0.5) is 0 Å². The smallest absolute Gasteiger partial charge is 0.304 e. The standard InChI is InChI=1S/C15H21NO7S/c1-7-9(11(18)15(3,4)5)16-12(19)10(22-6)13(16)24(20,21)14(7)23-8(2)17/h10,13-14H,1-6H3/t10-,13+,14?/m0/s1. The molecular weight excluding hydrogens is 338 g/mol. The van der Waals surface area contributed by atoms with Crippen molar-refractivity contribution in [2.75, 3.05) is 7.11 Å². The number of fused-ring (bicyclic) bond motifs is 1. The van der Waals surface area contributed by atoms with Gasteiger partial charge in [0, 0.05) is 25.0 Å². The molecule has 1 saturated heterocycles. The Bertz CT molecular complexity index is 744. The molecule has 0 N–H and O–H groups in total. The number of sulfone groups is 1. The second kappa shape index (κ2) is 5.66. The van der Waals surface area contributed by atoms with Crippen molar-refractivity contribution < 1.29 is 32.3 Å². The number of Topliss-reactive ketones (excluding diaryl/α,β-unsaturated/α-hetero) is 1. The third-order valence-electron chi connectivity index (χ3n) is 4.02. The molecule has 134 valence electrons. The molecule has 3 atom stereocenters. The number of methoxy groups -OCH3 is 1. The lowest BCUT2D eigenvalue weighted by atomic mass is 9.85. The predicted octanol–water partition coefficient (Wildman–Crippen LogP) is 0.377. The summed E-state index contributed by atoms with van der Waals surface area (Å²) in [7, 11) is -2.87. The van der Waals surface area contributed by atoms with Crippen LogP contribution in [0.5, 0.6) is 0 Å². The van der Waals surface area contributed by atoms with Gasteiger partial charge in [-0.25, -0.2) is 8.42 Å². The van der Waals surface area contributed by atoms with Gasteiger partial charge in [0.15, 0.2) is 17.3 Å². The number of allylic oxidation sites excluding steroid dienone is 1. The highest BCUT2D eigenvalue weighted by atomic mass is 32.2. The molecule has 9 heteroatoms. The van der Waals surface area contributed by atoms with E-state index in [2.05, 4.69) is 0 Å². The molecule has 1 amide bonds. The van der Waals surface area contributed by atoms with E-state index in [1.807, 2.05) is 0 Å². The second-order valence-electron chi connectivity index (χ2n) is 6.90. The van der Waals surface area contributed by atoms with E-state index in [-0.39, 0.29) is 11.3 Å². The maximum Gasteiger partial charge on any atom is 0.304 e. The van der Waals surface area contributed by atoms with E-state index in [4.69, 9.17) is 9.47 Å². The van der Waals surface area contributed by atoms with Crippen LogP contribution in [0, 0.1) is 5.41 Å². The minimum Gasteiger partial charge on any atom is -0.441 e. The number of nitrogens with zero attached hydrogens (tertiary/aromatic N) is 1. The van der Waals surface area contributed by atoms with Crippen molar-refractivity contribution in [3.8, 4) is 0 Å². The Labute approximate surface area is 140 Å². The first kappa shape index (κ1) is 18.6. The number of rotatable bonds is 3. The van der Waals surface area contributed by atoms with Gasteiger partial charge in [-0.1, -0.05) is 20.8 Å². The summed E-state index contributed by atoms with van der Waals surface area (Å²) in [4.78, 5) is 37.3. The molecule has 2 aliphatic rings. The maximum atomic E-state index is 12.8. The van der Waals surface area contributed by atoms with Gasteiger partial charge >= 0.3 is 5.97 Å². The van der Waals surface area contributed by atoms with Crippen molar-refractivity contribution >= 4 is 27.5 Å². The molecule has 1 fully saturated rings. The summed E-state index contributed by atoms with van der Waals surface area (Å²) in [5.74, 6) is -1.79. The molecule has 24 heavy (non-hydrogen) atoms. The number of hydrogen-bond donors (Lipinski definition) is 0. The van der Waals surface area contributed by atoms with E-state index in [1.54, 1.807) is 20.8 Å². The minimum absolute atomic E-state index is 0.0317. The Morgan fingerprint density at radius 2 is 1.75 bits per heavy atom. The van der Waals surface area contributed by atoms with Crippen molar-refractivity contribution in [2.45, 2.75) is 51.5 Å². The molecule has 0 saturated carbocycles. The molecule has 0 aromatic heterocycles. The number of carbonyl (C=O) groups is 3. The zero-order chi connectivity index (χ0) is 18.6. The van der Waals surface area contributed by atoms with Crippen LogP contribution in [-0.4, -0.2) is 55.0 Å². The summed E-state index contributed by atoms with van der Waals surface area (Å²) in [6.45, 7) is 7.44. The molecule has 2 rings (SSSR count). The SMILES string of the molecule is CO[C@H]1C(=O)N2C(C(=O)C(C)(C)C)=C(C)C(OC(C)=O)S(=O)(=O)[C@H]12. The van der Waals surface area contributed by atoms with Gasteiger partial charge in [0.1, 0.15) is 0 Å². The van der Waals surface area contributed by atoms with Crippen molar-refractivity contribution in [2.24, 2.45) is 5.41 Å². The first-order valence-corrected chi connectivity index (χ1v) is 8.98. The highest BCUT2D eigenvalue weighted by Crippen LogP contribution is 2.43. The molecule has 2 aliphatic heterocycles. The number of ether oxygens (including phenoxy) is 2. The van der Waals surface area contributed by atoms with Crippen LogP contribution in [0.15, 0.2) is 11.3 Å². The van der Waals surface area contributed by atoms with Crippen LogP contribution in [0.2, 0.25) is 0 Å². The molecule has 0 aliphatic carbocycles. The van der Waals surface area contributed by atoms with Gasteiger partial charge in [0.2, 0.25) is 15.3 Å². The van der Waals surface area contributed by atoms with Gasteiger partial charge in [-0.3, -0.25) is 19.3 Å². The highest BCUT2D eigenvalue weighted by molar-refractivity contribution is 7.93. The lowest BCUT2D eigenvalue weighted by molar-refractivity contribution is -0.162. The number of ketones is 1. The Kier molecular flexibility index (Phi) is 4.39. The topological polar surface area (TPSA) is 107 Å². The van der Waals surface area contributed by atoms with E-state index >= 15 is 0 Å². The fraction of sp³-hybridized carbons (Fsp3) is 0.667. The molecule has 0 bridgehead atoms. The summed E-state index contributed by atoms with van der Waals surface area (Å²) >= 11 is 0. The fourth-order valence-corrected chi connectivity index (χ4v) is 5.04. The lowest BCUT2D eigenvalue weighted by Gasteiger charge is -2.50. The number of amides is 1. The molecule has 1 unspecified atom stereocenters. The predicted molar refractivity (Wildman–Crippen MR) is 83.1 cm³/mol. The molecule has 2 heterocycles. The van der Waals surface area contributed by atoms with Crippen molar-refractivity contribution in [1.29, 1.82) is 0 Å². The first-order chi connectivity index (χ1) is 10.9. The second-order valence-corrected chi connectivity index (χ2v) is 8.99. The van der Waals surface area contributed by atoms with E-state index in [9.17, 15) is 22.8 Å². The average molecular weight is 359 g/mol. The summed E-state index contributed by atoms with van der Waals surface area (Å²) < 4.78 is 35.4. The van der Waals surface area contributed by atoms with E-state index in [0.29, 0.717) is 0 Å². The van der Waals surface area contributed by atoms with Crippen LogP contribution >= 0.6 is 0 Å². The number of carbonyl (C=O) groups excluding carboxylic acids is 3. The van der Waals surface area contributed by atoms with Gasteiger partial charge in [-0.05, 0) is 6.92 Å². The zero-order valence-electron chi connectivity index (χ0n) is 14.4. The fourth-order valence-electron chi connectivity index (χ4n) is 2.84. The zero-order valence-corrected chi connectivity index (χ0v) is 15.3. The van der Waals surface area contributed by atoms with E-state index in [0.717, 1.165) is 11.8 Å². The third-order valence-corrected chi connectivity index (χ3v) is 6.20. The Hall–Kier alpha value is -1.74. The monoisotopic (exact) mass is 359 g/mol. The summed E-state index contributed by atoms with van der Waals surface area (Å²) in [6.07, 6.45) is -1.22. The van der Waals surface area contributed by atoms with Crippen molar-refractivity contribution in [3.63, 3.8) is 0 Å². The van der Waals surface area contributed by atoms with Crippen LogP contribution in [0.3, 0.4) is 0 Å². The molecule has 8 nitrogen and oxygen atoms in total. The average Bonchev–Trinajstić information content (AvgIpc) is 2.43. The quantitative estimate of drug-likeness (QED) is 0.529. The van der Waals surface area contributed by atoms with E-state index in [1.165, 1.54) is 14.0 Å². The van der Waals surface area contributed by atoms with Crippen molar-refractivity contribution in [3.05, 3.63) is 11.3 Å². The Morgan fingerprint density at radius 1 is 1.21 bits per heavy atom. The molecule has 0 radical (unpaired) electrons. The third kappa shape index (κ3) is 2.55. The van der Waals surface area contributed by atoms with Crippen LogP contribution in [0.25, 0.3) is 0 Å². The van der Waals surface area contributed by atoms with Gasteiger partial charge in [-0.2, -0.15) is 0 Å². The summed E-state index contributed by atoms with van der Waals surface area (Å²) in [5, 5.41) is -1.37. The first-order valence-electron chi connectivity index (χ1n) is 7.37. The van der Waals surface area contributed by atoms with Gasteiger partial charge in [-0.15, -0.1) is 0 Å². The minimum atomic E-state index is -4.09. The summed E-state index contributed by atoms with van der Waals surface area (Å²) in [6, 6.07) is 0. The normalized spacial score (nSPS) is 29.0. The van der Waals surface area contributed by atoms with Crippen LogP contribution in [0.1, 0.15) is 34.6 Å². The number of hydrogen-bond acceptors (Lipinski definition) is 7. The van der Waals surface area contributed by atoms with Gasteiger partial charge in [0.05, 0.1) is 5.70 Å². The Morgan fingerprint density at radius 3 is 2.17 bits per heavy atom. The largest absolute Gasteiger partial charge is 0.441 e. The summed E-state index contributed by atoms with van der Waals surface area (Å²) in [5.41, 5.74) is -2.46. The van der Waals surface area contributed by atoms with Crippen LogP contribution < -0.4 is 0 Å². The van der Waals surface area contributed by atoms with Crippen LogP contribution in [-0.2, 0) is 33.7 Å². The molecule has 0 aromatic rings. The van der Waals surface area contributed by atoms with Crippen molar-refractivity contribution in [1.82, 2.24) is 4.90 Å². The Balaban J connectivity index is 2.68. The molecule has 0 aromatic carbocycles. The number of β-lactam (4-membered cyclic amide) rings is 1.